The average molecular weight is 215 g/mol. The molecule has 1 saturated carbocycles. The van der Waals surface area contributed by atoms with Crippen molar-refractivity contribution in [3.63, 3.8) is 0 Å². The molecule has 0 aromatic rings. The number of halogens is 1. The molecule has 0 radical (unpaired) electrons. The van der Waals surface area contributed by atoms with Gasteiger partial charge in [0.1, 0.15) is 5.67 Å². The van der Waals surface area contributed by atoms with E-state index >= 15 is 0 Å². The van der Waals surface area contributed by atoms with E-state index in [1.165, 1.54) is 0 Å². The zero-order chi connectivity index (χ0) is 10.7. The zero-order valence-electron chi connectivity index (χ0n) is 9.27. The normalized spacial score (nSPS) is 38.4. The number of piperidine rings is 1. The van der Waals surface area contributed by atoms with Crippen LogP contribution < -0.4 is 16.4 Å². The third kappa shape index (κ3) is 3.13. The molecule has 0 bridgehead atoms. The average Bonchev–Trinajstić information content (AvgIpc) is 2.58. The first-order chi connectivity index (χ1) is 7.18. The zero-order valence-corrected chi connectivity index (χ0v) is 9.27. The second-order valence-electron chi connectivity index (χ2n) is 5.06. The summed E-state index contributed by atoms with van der Waals surface area (Å²) < 4.78 is 14.2. The molecule has 2 unspecified atom stereocenters. The Balaban J connectivity index is 1.72. The molecule has 1 aliphatic heterocycles. The van der Waals surface area contributed by atoms with Crippen LogP contribution in [-0.2, 0) is 0 Å². The van der Waals surface area contributed by atoms with E-state index in [9.17, 15) is 4.39 Å². The van der Waals surface area contributed by atoms with E-state index in [4.69, 9.17) is 5.73 Å². The van der Waals surface area contributed by atoms with Gasteiger partial charge < -0.3 is 16.4 Å². The van der Waals surface area contributed by atoms with Gasteiger partial charge in [-0.1, -0.05) is 0 Å². The van der Waals surface area contributed by atoms with Crippen molar-refractivity contribution in [1.29, 1.82) is 0 Å². The SMILES string of the molecule is NC1CCC(F)(CNC2CCNCC2)C1. The number of alkyl halides is 1. The van der Waals surface area contributed by atoms with Crippen molar-refractivity contribution in [3.05, 3.63) is 0 Å². The molecular weight excluding hydrogens is 193 g/mol. The van der Waals surface area contributed by atoms with E-state index in [-0.39, 0.29) is 6.04 Å². The van der Waals surface area contributed by atoms with Crippen LogP contribution in [0.3, 0.4) is 0 Å². The molecule has 2 rings (SSSR count). The van der Waals surface area contributed by atoms with Crippen LogP contribution in [0.25, 0.3) is 0 Å². The monoisotopic (exact) mass is 215 g/mol. The summed E-state index contributed by atoms with van der Waals surface area (Å²) in [6, 6.07) is 0.570. The van der Waals surface area contributed by atoms with Gasteiger partial charge in [-0.15, -0.1) is 0 Å². The predicted molar refractivity (Wildman–Crippen MR) is 59.6 cm³/mol. The van der Waals surface area contributed by atoms with Gasteiger partial charge in [0.15, 0.2) is 0 Å². The van der Waals surface area contributed by atoms with Crippen molar-refractivity contribution in [3.8, 4) is 0 Å². The van der Waals surface area contributed by atoms with Gasteiger partial charge in [0.25, 0.3) is 0 Å². The van der Waals surface area contributed by atoms with Crippen molar-refractivity contribution in [2.24, 2.45) is 5.73 Å². The van der Waals surface area contributed by atoms with E-state index < -0.39 is 5.67 Å². The Morgan fingerprint density at radius 2 is 2.07 bits per heavy atom. The minimum Gasteiger partial charge on any atom is -0.328 e. The highest BCUT2D eigenvalue weighted by molar-refractivity contribution is 4.94. The van der Waals surface area contributed by atoms with Crippen LogP contribution in [0.5, 0.6) is 0 Å². The van der Waals surface area contributed by atoms with Gasteiger partial charge in [0.2, 0.25) is 0 Å². The van der Waals surface area contributed by atoms with Gasteiger partial charge in [-0.25, -0.2) is 4.39 Å². The van der Waals surface area contributed by atoms with E-state index in [2.05, 4.69) is 10.6 Å². The molecule has 3 nitrogen and oxygen atoms in total. The first-order valence-corrected chi connectivity index (χ1v) is 6.07. The second-order valence-corrected chi connectivity index (χ2v) is 5.06. The van der Waals surface area contributed by atoms with Gasteiger partial charge in [0.05, 0.1) is 0 Å². The van der Waals surface area contributed by atoms with Gasteiger partial charge in [-0.05, 0) is 45.2 Å². The third-order valence-corrected chi connectivity index (χ3v) is 3.64. The summed E-state index contributed by atoms with van der Waals surface area (Å²) in [5.41, 5.74) is 4.70. The Labute approximate surface area is 91.0 Å². The number of hydrogen-bond donors (Lipinski definition) is 3. The molecule has 2 fully saturated rings. The summed E-state index contributed by atoms with van der Waals surface area (Å²) in [5, 5.41) is 6.66. The molecule has 4 heteroatoms. The van der Waals surface area contributed by atoms with Crippen LogP contribution in [0.2, 0.25) is 0 Å². The lowest BCUT2D eigenvalue weighted by atomic mass is 10.0. The molecule has 0 spiro atoms. The lowest BCUT2D eigenvalue weighted by molar-refractivity contribution is 0.156. The Morgan fingerprint density at radius 1 is 1.33 bits per heavy atom. The van der Waals surface area contributed by atoms with Crippen LogP contribution in [0.15, 0.2) is 0 Å². The highest BCUT2D eigenvalue weighted by atomic mass is 19.1. The van der Waals surface area contributed by atoms with Crippen LogP contribution in [0, 0.1) is 0 Å². The Bertz CT molecular complexity index is 206. The molecule has 0 aromatic heterocycles. The summed E-state index contributed by atoms with van der Waals surface area (Å²) in [4.78, 5) is 0. The standard InChI is InChI=1S/C11H22FN3/c12-11(4-1-9(13)7-11)8-15-10-2-5-14-6-3-10/h9-10,14-15H,1-8,13H2. The van der Waals surface area contributed by atoms with Crippen molar-refractivity contribution < 1.29 is 4.39 Å². The summed E-state index contributed by atoms with van der Waals surface area (Å²) in [6.07, 6.45) is 4.23. The fourth-order valence-electron chi connectivity index (χ4n) is 2.63. The van der Waals surface area contributed by atoms with E-state index in [1.54, 1.807) is 0 Å². The molecule has 2 aliphatic rings. The van der Waals surface area contributed by atoms with Crippen molar-refractivity contribution >= 4 is 0 Å². The smallest absolute Gasteiger partial charge is 0.125 e. The quantitative estimate of drug-likeness (QED) is 0.644. The van der Waals surface area contributed by atoms with Gasteiger partial charge in [0, 0.05) is 18.6 Å². The Morgan fingerprint density at radius 3 is 2.67 bits per heavy atom. The first-order valence-electron chi connectivity index (χ1n) is 6.07. The lowest BCUT2D eigenvalue weighted by Gasteiger charge is -2.28. The second kappa shape index (κ2) is 4.76. The van der Waals surface area contributed by atoms with Gasteiger partial charge in [-0.3, -0.25) is 0 Å². The van der Waals surface area contributed by atoms with Crippen LogP contribution >= 0.6 is 0 Å². The van der Waals surface area contributed by atoms with Crippen LogP contribution in [-0.4, -0.2) is 37.4 Å². The third-order valence-electron chi connectivity index (χ3n) is 3.64. The summed E-state index contributed by atoms with van der Waals surface area (Å²) in [6.45, 7) is 2.60. The molecule has 15 heavy (non-hydrogen) atoms. The van der Waals surface area contributed by atoms with Crippen molar-refractivity contribution in [1.82, 2.24) is 10.6 Å². The minimum atomic E-state index is -1.04. The maximum atomic E-state index is 14.2. The fourth-order valence-corrected chi connectivity index (χ4v) is 2.63. The summed E-state index contributed by atoms with van der Waals surface area (Å²) >= 11 is 0. The first kappa shape index (κ1) is 11.3. The molecule has 1 heterocycles. The number of rotatable bonds is 3. The molecule has 4 N–H and O–H groups in total. The fraction of sp³-hybridized carbons (Fsp3) is 1.00. The summed E-state index contributed by atoms with van der Waals surface area (Å²) in [5.74, 6) is 0. The largest absolute Gasteiger partial charge is 0.328 e. The van der Waals surface area contributed by atoms with Gasteiger partial charge >= 0.3 is 0 Å². The maximum absolute atomic E-state index is 14.2. The topological polar surface area (TPSA) is 50.1 Å². The van der Waals surface area contributed by atoms with Crippen molar-refractivity contribution in [2.75, 3.05) is 19.6 Å². The minimum absolute atomic E-state index is 0.0739. The Kier molecular flexibility index (Phi) is 3.59. The molecule has 1 aliphatic carbocycles. The van der Waals surface area contributed by atoms with E-state index in [0.29, 0.717) is 25.4 Å². The lowest BCUT2D eigenvalue weighted by Crippen LogP contribution is -2.45. The van der Waals surface area contributed by atoms with Crippen LogP contribution in [0.1, 0.15) is 32.1 Å². The highest BCUT2D eigenvalue weighted by Gasteiger charge is 2.38. The number of nitrogens with one attached hydrogen (secondary N) is 2. The predicted octanol–water partition coefficient (Wildman–Crippen LogP) is 0.547. The summed E-state index contributed by atoms with van der Waals surface area (Å²) in [7, 11) is 0. The van der Waals surface area contributed by atoms with E-state index in [1.807, 2.05) is 0 Å². The molecule has 1 saturated heterocycles. The Hall–Kier alpha value is -0.190. The number of nitrogens with two attached hydrogens (primary N) is 1. The molecule has 0 aromatic carbocycles. The highest BCUT2D eigenvalue weighted by Crippen LogP contribution is 2.32. The molecule has 0 amide bonds. The van der Waals surface area contributed by atoms with E-state index in [0.717, 1.165) is 32.4 Å². The molecular formula is C11H22FN3. The number of hydrogen-bond acceptors (Lipinski definition) is 3. The van der Waals surface area contributed by atoms with Crippen molar-refractivity contribution in [2.45, 2.75) is 49.9 Å². The van der Waals surface area contributed by atoms with Crippen LogP contribution in [0.4, 0.5) is 4.39 Å². The molecule has 2 atom stereocenters. The van der Waals surface area contributed by atoms with Gasteiger partial charge in [-0.2, -0.15) is 0 Å². The maximum Gasteiger partial charge on any atom is 0.125 e. The molecule has 88 valence electrons.